The van der Waals surface area contributed by atoms with Gasteiger partial charge in [-0.15, -0.1) is 0 Å². The molecule has 0 radical (unpaired) electrons. The van der Waals surface area contributed by atoms with Crippen molar-refractivity contribution >= 4 is 11.6 Å². The molecule has 0 amide bonds. The van der Waals surface area contributed by atoms with Crippen LogP contribution in [0.15, 0.2) is 18.2 Å². The Labute approximate surface area is 119 Å². The average Bonchev–Trinajstić information content (AvgIpc) is 3.26. The molecule has 104 valence electrons. The van der Waals surface area contributed by atoms with Gasteiger partial charge in [-0.05, 0) is 55.1 Å². The second-order valence-electron chi connectivity index (χ2n) is 6.47. The van der Waals surface area contributed by atoms with Crippen LogP contribution in [0.1, 0.15) is 38.2 Å². The molecule has 3 rings (SSSR count). The fourth-order valence-corrected chi connectivity index (χ4v) is 3.11. The minimum absolute atomic E-state index is 0.208. The molecule has 0 aromatic heterocycles. The zero-order chi connectivity index (χ0) is 13.5. The summed E-state index contributed by atoms with van der Waals surface area (Å²) in [7, 11) is 0. The van der Waals surface area contributed by atoms with Crippen LogP contribution in [0, 0.1) is 17.2 Å². The van der Waals surface area contributed by atoms with Gasteiger partial charge in [-0.25, -0.2) is 4.39 Å². The van der Waals surface area contributed by atoms with Crippen molar-refractivity contribution in [2.24, 2.45) is 11.3 Å². The predicted octanol–water partition coefficient (Wildman–Crippen LogP) is 4.19. The molecule has 2 fully saturated rings. The van der Waals surface area contributed by atoms with E-state index in [0.29, 0.717) is 5.02 Å². The fourth-order valence-electron chi connectivity index (χ4n) is 2.92. The second-order valence-corrected chi connectivity index (χ2v) is 6.85. The molecular weight excluding hydrogens is 261 g/mol. The van der Waals surface area contributed by atoms with Crippen molar-refractivity contribution in [2.45, 2.75) is 45.1 Å². The van der Waals surface area contributed by atoms with E-state index in [0.717, 1.165) is 30.5 Å². The summed E-state index contributed by atoms with van der Waals surface area (Å²) in [5.74, 6) is 0.463. The van der Waals surface area contributed by atoms with Gasteiger partial charge in [0.2, 0.25) is 0 Å². The van der Waals surface area contributed by atoms with Crippen molar-refractivity contribution in [2.75, 3.05) is 6.54 Å². The molecule has 0 heterocycles. The van der Waals surface area contributed by atoms with Gasteiger partial charge in [0.05, 0.1) is 5.02 Å². The Bertz CT molecular complexity index is 468. The Morgan fingerprint density at radius 1 is 1.32 bits per heavy atom. The Hall–Kier alpha value is -0.600. The lowest BCUT2D eigenvalue weighted by molar-refractivity contribution is 0.254. The first-order valence-electron chi connectivity index (χ1n) is 7.25. The quantitative estimate of drug-likeness (QED) is 0.824. The second kappa shape index (κ2) is 5.06. The van der Waals surface area contributed by atoms with E-state index in [-0.39, 0.29) is 11.2 Å². The van der Waals surface area contributed by atoms with Gasteiger partial charge in [-0.3, -0.25) is 0 Å². The highest BCUT2D eigenvalue weighted by molar-refractivity contribution is 6.31. The van der Waals surface area contributed by atoms with Gasteiger partial charge in [0.15, 0.2) is 0 Å². The zero-order valence-electron chi connectivity index (χ0n) is 11.4. The van der Waals surface area contributed by atoms with Gasteiger partial charge in [0.25, 0.3) is 0 Å². The van der Waals surface area contributed by atoms with E-state index in [1.54, 1.807) is 6.07 Å². The highest BCUT2D eigenvalue weighted by Gasteiger charge is 2.42. The van der Waals surface area contributed by atoms with Gasteiger partial charge < -0.3 is 5.32 Å². The van der Waals surface area contributed by atoms with E-state index in [1.165, 1.54) is 31.7 Å². The highest BCUT2D eigenvalue weighted by Crippen LogP contribution is 2.48. The summed E-state index contributed by atoms with van der Waals surface area (Å²) < 4.78 is 13.5. The SMILES string of the molecule is CC(CNC1CC1)(Cc1cccc(F)c1Cl)C1CC1. The van der Waals surface area contributed by atoms with E-state index in [9.17, 15) is 4.39 Å². The summed E-state index contributed by atoms with van der Waals surface area (Å²) in [5.41, 5.74) is 1.16. The number of hydrogen-bond donors (Lipinski definition) is 1. The minimum Gasteiger partial charge on any atom is -0.313 e. The third-order valence-electron chi connectivity index (χ3n) is 4.56. The first-order chi connectivity index (χ1) is 9.08. The lowest BCUT2D eigenvalue weighted by atomic mass is 9.78. The molecule has 3 heteroatoms. The van der Waals surface area contributed by atoms with Crippen LogP contribution >= 0.6 is 11.6 Å². The van der Waals surface area contributed by atoms with Crippen molar-refractivity contribution in [1.29, 1.82) is 0 Å². The van der Waals surface area contributed by atoms with Crippen LogP contribution in [-0.4, -0.2) is 12.6 Å². The van der Waals surface area contributed by atoms with E-state index in [4.69, 9.17) is 11.6 Å². The maximum Gasteiger partial charge on any atom is 0.142 e. The summed E-state index contributed by atoms with van der Waals surface area (Å²) in [6.45, 7) is 3.34. The van der Waals surface area contributed by atoms with Crippen molar-refractivity contribution in [3.05, 3.63) is 34.6 Å². The van der Waals surface area contributed by atoms with Crippen molar-refractivity contribution in [1.82, 2.24) is 5.32 Å². The standard InChI is InChI=1S/C16H21ClFN/c1-16(12-5-6-12,10-19-13-7-8-13)9-11-3-2-4-14(18)15(11)17/h2-4,12-13,19H,5-10H2,1H3. The molecule has 1 aromatic rings. The molecule has 1 unspecified atom stereocenters. The fraction of sp³-hybridized carbons (Fsp3) is 0.625. The van der Waals surface area contributed by atoms with E-state index in [1.807, 2.05) is 6.07 Å². The molecule has 0 spiro atoms. The molecule has 0 aliphatic heterocycles. The minimum atomic E-state index is -0.299. The topological polar surface area (TPSA) is 12.0 Å². The van der Waals surface area contributed by atoms with Crippen molar-refractivity contribution in [3.63, 3.8) is 0 Å². The van der Waals surface area contributed by atoms with Gasteiger partial charge in [-0.1, -0.05) is 30.7 Å². The highest BCUT2D eigenvalue weighted by atomic mass is 35.5. The molecule has 2 aliphatic rings. The van der Waals surface area contributed by atoms with Crippen LogP contribution in [-0.2, 0) is 6.42 Å². The summed E-state index contributed by atoms with van der Waals surface area (Å²) in [4.78, 5) is 0. The molecule has 0 bridgehead atoms. The predicted molar refractivity (Wildman–Crippen MR) is 77.0 cm³/mol. The molecule has 19 heavy (non-hydrogen) atoms. The van der Waals surface area contributed by atoms with E-state index >= 15 is 0 Å². The Kier molecular flexibility index (Phi) is 3.57. The number of nitrogens with one attached hydrogen (secondary N) is 1. The van der Waals surface area contributed by atoms with Crippen molar-refractivity contribution < 1.29 is 4.39 Å². The first-order valence-corrected chi connectivity index (χ1v) is 7.62. The molecule has 1 N–H and O–H groups in total. The van der Waals surface area contributed by atoms with Crippen LogP contribution < -0.4 is 5.32 Å². The lowest BCUT2D eigenvalue weighted by Crippen LogP contribution is -2.36. The lowest BCUT2D eigenvalue weighted by Gasteiger charge is -2.31. The van der Waals surface area contributed by atoms with Crippen LogP contribution in [0.5, 0.6) is 0 Å². The maximum absolute atomic E-state index is 13.5. The maximum atomic E-state index is 13.5. The number of halogens is 2. The normalized spacial score (nSPS) is 22.3. The number of hydrogen-bond acceptors (Lipinski definition) is 1. The molecular formula is C16H21ClFN. The number of benzene rings is 1. The molecule has 2 saturated carbocycles. The summed E-state index contributed by atoms with van der Waals surface area (Å²) in [6, 6.07) is 5.88. The van der Waals surface area contributed by atoms with Gasteiger partial charge >= 0.3 is 0 Å². The average molecular weight is 282 g/mol. The Morgan fingerprint density at radius 3 is 2.68 bits per heavy atom. The summed E-state index contributed by atoms with van der Waals surface area (Å²) in [6.07, 6.45) is 6.09. The molecule has 1 aromatic carbocycles. The Morgan fingerprint density at radius 2 is 2.05 bits per heavy atom. The van der Waals surface area contributed by atoms with Gasteiger partial charge in [-0.2, -0.15) is 0 Å². The zero-order valence-corrected chi connectivity index (χ0v) is 12.1. The van der Waals surface area contributed by atoms with Crippen molar-refractivity contribution in [3.8, 4) is 0 Å². The number of rotatable bonds is 6. The van der Waals surface area contributed by atoms with Crippen LogP contribution in [0.4, 0.5) is 4.39 Å². The molecule has 1 atom stereocenters. The van der Waals surface area contributed by atoms with Gasteiger partial charge in [0, 0.05) is 12.6 Å². The first kappa shape index (κ1) is 13.4. The largest absolute Gasteiger partial charge is 0.313 e. The summed E-state index contributed by atoms with van der Waals surface area (Å²) >= 11 is 6.10. The monoisotopic (exact) mass is 281 g/mol. The van der Waals surface area contributed by atoms with E-state index < -0.39 is 0 Å². The molecule has 1 nitrogen and oxygen atoms in total. The smallest absolute Gasteiger partial charge is 0.142 e. The molecule has 0 saturated heterocycles. The summed E-state index contributed by atoms with van der Waals surface area (Å²) in [5, 5.41) is 3.94. The Balaban J connectivity index is 1.74. The van der Waals surface area contributed by atoms with Crippen LogP contribution in [0.3, 0.4) is 0 Å². The van der Waals surface area contributed by atoms with Crippen LogP contribution in [0.2, 0.25) is 5.02 Å². The third kappa shape index (κ3) is 3.11. The third-order valence-corrected chi connectivity index (χ3v) is 4.98. The van der Waals surface area contributed by atoms with E-state index in [2.05, 4.69) is 12.2 Å². The van der Waals surface area contributed by atoms with Crippen LogP contribution in [0.25, 0.3) is 0 Å². The van der Waals surface area contributed by atoms with Gasteiger partial charge in [0.1, 0.15) is 5.82 Å². The molecule has 2 aliphatic carbocycles.